The molecule has 0 fully saturated rings. The van der Waals surface area contributed by atoms with Gasteiger partial charge >= 0.3 is 0 Å². The van der Waals surface area contributed by atoms with E-state index in [1.165, 1.54) is 0 Å². The zero-order chi connectivity index (χ0) is 23.4. The van der Waals surface area contributed by atoms with Crippen LogP contribution in [-0.4, -0.2) is 27.4 Å². The second-order valence-electron chi connectivity index (χ2n) is 7.12. The molecule has 4 rings (SSSR count). The topological polar surface area (TPSA) is 61.1 Å². The number of carbonyl (C=O) groups excluding carboxylic acids is 1. The van der Waals surface area contributed by atoms with Gasteiger partial charge in [0.1, 0.15) is 5.75 Å². The number of para-hydroxylation sites is 2. The fraction of sp³-hybridized carbons (Fsp3) is 0.125. The molecule has 0 aliphatic carbocycles. The quantitative estimate of drug-likeness (QED) is 0.299. The van der Waals surface area contributed by atoms with Gasteiger partial charge in [0.2, 0.25) is 10.7 Å². The first-order valence-electron chi connectivity index (χ1n) is 10.1. The molecule has 4 aromatic rings. The third-order valence-corrected chi connectivity index (χ3v) is 5.95. The molecule has 1 heterocycles. The molecule has 0 unspecified atom stereocenters. The van der Waals surface area contributed by atoms with Crippen molar-refractivity contribution in [1.82, 2.24) is 14.3 Å². The smallest absolute Gasteiger partial charge is 0.226 e. The van der Waals surface area contributed by atoms with Crippen LogP contribution in [0.4, 0.5) is 5.69 Å². The van der Waals surface area contributed by atoms with Crippen molar-refractivity contribution >= 4 is 47.0 Å². The van der Waals surface area contributed by atoms with Crippen molar-refractivity contribution in [3.8, 4) is 22.8 Å². The van der Waals surface area contributed by atoms with E-state index in [0.717, 1.165) is 11.3 Å². The number of rotatable bonds is 7. The highest BCUT2D eigenvalue weighted by Gasteiger charge is 2.18. The fourth-order valence-electron chi connectivity index (χ4n) is 3.36. The highest BCUT2D eigenvalue weighted by atomic mass is 35.5. The Kier molecular flexibility index (Phi) is 7.13. The third kappa shape index (κ3) is 5.11. The Balaban J connectivity index is 1.68. The van der Waals surface area contributed by atoms with Crippen LogP contribution in [0.25, 0.3) is 17.1 Å². The summed E-state index contributed by atoms with van der Waals surface area (Å²) >= 11 is 18.0. The second-order valence-corrected chi connectivity index (χ2v) is 8.33. The number of nitrogens with zero attached hydrogens (tertiary/aromatic N) is 3. The maximum Gasteiger partial charge on any atom is 0.226 e. The van der Waals surface area contributed by atoms with Crippen molar-refractivity contribution in [2.24, 2.45) is 0 Å². The van der Waals surface area contributed by atoms with Crippen molar-refractivity contribution in [2.45, 2.75) is 13.0 Å². The molecule has 1 aromatic heterocycles. The zero-order valence-corrected chi connectivity index (χ0v) is 20.0. The second kappa shape index (κ2) is 10.2. The monoisotopic (exact) mass is 498 g/mol. The maximum absolute atomic E-state index is 12.5. The van der Waals surface area contributed by atoms with Crippen LogP contribution in [0.2, 0.25) is 10.0 Å². The lowest BCUT2D eigenvalue weighted by Gasteiger charge is -2.10. The standard InChI is InChI=1S/C24H20Cl2N4O2S/c1-32-21-9-5-2-6-18(21)23-28-29(24(33)30(23)17-12-10-16(25)11-13-17)15-14-22(31)27-20-8-4-3-7-19(20)26/h2-13H,14-15H2,1H3,(H,27,31). The van der Waals surface area contributed by atoms with Crippen LogP contribution >= 0.6 is 35.4 Å². The van der Waals surface area contributed by atoms with E-state index in [-0.39, 0.29) is 18.9 Å². The average Bonchev–Trinajstić information content (AvgIpc) is 3.15. The first-order valence-corrected chi connectivity index (χ1v) is 11.3. The van der Waals surface area contributed by atoms with Crippen LogP contribution in [0, 0.1) is 4.77 Å². The van der Waals surface area contributed by atoms with Crippen LogP contribution in [0.1, 0.15) is 6.42 Å². The number of methoxy groups -OCH3 is 1. The molecule has 0 radical (unpaired) electrons. The third-order valence-electron chi connectivity index (χ3n) is 4.97. The molecule has 0 saturated heterocycles. The Morgan fingerprint density at radius 3 is 2.45 bits per heavy atom. The Hall–Kier alpha value is -3.13. The number of aryl methyl sites for hydroxylation is 1. The maximum atomic E-state index is 12.5. The first kappa shape index (κ1) is 23.0. The minimum atomic E-state index is -0.190. The van der Waals surface area contributed by atoms with Crippen molar-refractivity contribution in [3.05, 3.63) is 87.6 Å². The lowest BCUT2D eigenvalue weighted by atomic mass is 10.2. The number of nitrogens with one attached hydrogen (secondary N) is 1. The van der Waals surface area contributed by atoms with E-state index in [0.29, 0.717) is 32.1 Å². The van der Waals surface area contributed by atoms with E-state index < -0.39 is 0 Å². The zero-order valence-electron chi connectivity index (χ0n) is 17.7. The molecule has 0 spiro atoms. The van der Waals surface area contributed by atoms with Gasteiger partial charge in [0.15, 0.2) is 5.82 Å². The van der Waals surface area contributed by atoms with Crippen LogP contribution in [-0.2, 0) is 11.3 Å². The number of aromatic nitrogens is 3. The van der Waals surface area contributed by atoms with Gasteiger partial charge < -0.3 is 10.1 Å². The normalized spacial score (nSPS) is 10.8. The van der Waals surface area contributed by atoms with E-state index in [1.807, 2.05) is 47.0 Å². The molecule has 0 bridgehead atoms. The van der Waals surface area contributed by atoms with Gasteiger partial charge in [0.05, 0.1) is 35.6 Å². The fourth-order valence-corrected chi connectivity index (χ4v) is 4.00. The van der Waals surface area contributed by atoms with Gasteiger partial charge in [-0.1, -0.05) is 47.5 Å². The van der Waals surface area contributed by atoms with Gasteiger partial charge in [-0.05, 0) is 60.7 Å². The van der Waals surface area contributed by atoms with Gasteiger partial charge in [-0.2, -0.15) is 5.10 Å². The predicted octanol–water partition coefficient (Wildman–Crippen LogP) is 6.41. The molecule has 1 N–H and O–H groups in total. The van der Waals surface area contributed by atoms with Crippen molar-refractivity contribution in [3.63, 3.8) is 0 Å². The minimum absolute atomic E-state index is 0.169. The van der Waals surface area contributed by atoms with Crippen molar-refractivity contribution in [2.75, 3.05) is 12.4 Å². The molecule has 3 aromatic carbocycles. The SMILES string of the molecule is COc1ccccc1-c1nn(CCC(=O)Nc2ccccc2Cl)c(=S)n1-c1ccc(Cl)cc1. The lowest BCUT2D eigenvalue weighted by Crippen LogP contribution is -2.15. The molecule has 0 aliphatic heterocycles. The summed E-state index contributed by atoms with van der Waals surface area (Å²) in [6, 6.07) is 22.0. The summed E-state index contributed by atoms with van der Waals surface area (Å²) in [5, 5.41) is 8.66. The van der Waals surface area contributed by atoms with E-state index in [1.54, 1.807) is 42.1 Å². The summed E-state index contributed by atoms with van der Waals surface area (Å²) in [6.07, 6.45) is 0.169. The number of hydrogen-bond acceptors (Lipinski definition) is 4. The summed E-state index contributed by atoms with van der Waals surface area (Å²) in [5.74, 6) is 1.08. The molecule has 0 atom stereocenters. The van der Waals surface area contributed by atoms with Crippen molar-refractivity contribution in [1.29, 1.82) is 0 Å². The Morgan fingerprint density at radius 1 is 1.03 bits per heavy atom. The largest absolute Gasteiger partial charge is 0.496 e. The van der Waals surface area contributed by atoms with Crippen LogP contribution in [0.5, 0.6) is 5.75 Å². The van der Waals surface area contributed by atoms with Gasteiger partial charge in [0.25, 0.3) is 0 Å². The van der Waals surface area contributed by atoms with E-state index in [9.17, 15) is 4.79 Å². The predicted molar refractivity (Wildman–Crippen MR) is 134 cm³/mol. The summed E-state index contributed by atoms with van der Waals surface area (Å²) in [6.45, 7) is 0.290. The molecule has 0 aliphatic rings. The summed E-state index contributed by atoms with van der Waals surface area (Å²) < 4.78 is 9.47. The number of amides is 1. The van der Waals surface area contributed by atoms with Gasteiger partial charge in [-0.3, -0.25) is 9.36 Å². The van der Waals surface area contributed by atoms with E-state index >= 15 is 0 Å². The van der Waals surface area contributed by atoms with Gasteiger partial charge in [0, 0.05) is 11.4 Å². The van der Waals surface area contributed by atoms with Crippen LogP contribution in [0.15, 0.2) is 72.8 Å². The molecule has 6 nitrogen and oxygen atoms in total. The molecule has 168 valence electrons. The number of halogens is 2. The van der Waals surface area contributed by atoms with Gasteiger partial charge in [-0.15, -0.1) is 0 Å². The number of benzene rings is 3. The molecule has 1 amide bonds. The summed E-state index contributed by atoms with van der Waals surface area (Å²) in [4.78, 5) is 12.5. The Morgan fingerprint density at radius 2 is 1.73 bits per heavy atom. The number of hydrogen-bond donors (Lipinski definition) is 1. The Labute approximate surface area is 206 Å². The molecular weight excluding hydrogens is 479 g/mol. The first-order chi connectivity index (χ1) is 16.0. The average molecular weight is 499 g/mol. The number of ether oxygens (including phenoxy) is 1. The molecule has 0 saturated carbocycles. The summed E-state index contributed by atoms with van der Waals surface area (Å²) in [5.41, 5.74) is 2.14. The lowest BCUT2D eigenvalue weighted by molar-refractivity contribution is -0.116. The highest BCUT2D eigenvalue weighted by Crippen LogP contribution is 2.31. The van der Waals surface area contributed by atoms with Gasteiger partial charge in [-0.25, -0.2) is 4.68 Å². The number of anilines is 1. The molecule has 33 heavy (non-hydrogen) atoms. The van der Waals surface area contributed by atoms with E-state index in [2.05, 4.69) is 5.32 Å². The van der Waals surface area contributed by atoms with Crippen LogP contribution < -0.4 is 10.1 Å². The molecular formula is C24H20Cl2N4O2S. The van der Waals surface area contributed by atoms with E-state index in [4.69, 9.17) is 45.3 Å². The highest BCUT2D eigenvalue weighted by molar-refractivity contribution is 7.71. The Bertz CT molecular complexity index is 1350. The van der Waals surface area contributed by atoms with Crippen molar-refractivity contribution < 1.29 is 9.53 Å². The summed E-state index contributed by atoms with van der Waals surface area (Å²) in [7, 11) is 1.61. The molecule has 9 heteroatoms. The van der Waals surface area contributed by atoms with Crippen LogP contribution in [0.3, 0.4) is 0 Å². The minimum Gasteiger partial charge on any atom is -0.496 e. The number of carbonyl (C=O) groups is 1.